The number of alkyl halides is 2. The third kappa shape index (κ3) is 3.05. The van der Waals surface area contributed by atoms with E-state index in [-0.39, 0.29) is 12.6 Å². The summed E-state index contributed by atoms with van der Waals surface area (Å²) in [5, 5.41) is 0. The van der Waals surface area contributed by atoms with Gasteiger partial charge in [-0.05, 0) is 24.1 Å². The first kappa shape index (κ1) is 12.5. The van der Waals surface area contributed by atoms with Gasteiger partial charge in [-0.25, -0.2) is 0 Å². The van der Waals surface area contributed by atoms with E-state index in [1.165, 1.54) is 0 Å². The van der Waals surface area contributed by atoms with Gasteiger partial charge in [0.2, 0.25) is 0 Å². The normalized spacial score (nSPS) is 20.8. The summed E-state index contributed by atoms with van der Waals surface area (Å²) in [5.41, 5.74) is 0.869. The SMILES string of the molecule is COc1cccc(COC(=O)C2CC2(Cl)Cl)c1. The predicted octanol–water partition coefficient (Wildman–Crippen LogP) is 2.93. The van der Waals surface area contributed by atoms with Crippen molar-refractivity contribution in [3.05, 3.63) is 29.8 Å². The van der Waals surface area contributed by atoms with Crippen LogP contribution in [0.25, 0.3) is 0 Å². The van der Waals surface area contributed by atoms with Gasteiger partial charge >= 0.3 is 5.97 Å². The third-order valence-corrected chi connectivity index (χ3v) is 3.46. The first-order valence-electron chi connectivity index (χ1n) is 5.20. The number of rotatable bonds is 4. The molecule has 92 valence electrons. The summed E-state index contributed by atoms with van der Waals surface area (Å²) in [6.07, 6.45) is 0.465. The van der Waals surface area contributed by atoms with E-state index in [0.29, 0.717) is 6.42 Å². The number of carbonyl (C=O) groups is 1. The van der Waals surface area contributed by atoms with Gasteiger partial charge in [-0.3, -0.25) is 4.79 Å². The summed E-state index contributed by atoms with van der Waals surface area (Å²) in [6.45, 7) is 0.205. The Balaban J connectivity index is 1.87. The fourth-order valence-corrected chi connectivity index (χ4v) is 1.97. The molecule has 1 atom stereocenters. The zero-order valence-electron chi connectivity index (χ0n) is 9.28. The van der Waals surface area contributed by atoms with E-state index in [2.05, 4.69) is 0 Å². The van der Waals surface area contributed by atoms with Crippen molar-refractivity contribution in [2.75, 3.05) is 7.11 Å². The Bertz CT molecular complexity index is 432. The van der Waals surface area contributed by atoms with Crippen LogP contribution >= 0.6 is 23.2 Å². The first-order chi connectivity index (χ1) is 8.03. The molecule has 1 aliphatic carbocycles. The van der Waals surface area contributed by atoms with Gasteiger partial charge in [0.15, 0.2) is 0 Å². The molecule has 1 fully saturated rings. The Morgan fingerprint density at radius 1 is 1.53 bits per heavy atom. The second-order valence-corrected chi connectivity index (χ2v) is 5.52. The lowest BCUT2D eigenvalue weighted by molar-refractivity contribution is -0.146. The largest absolute Gasteiger partial charge is 0.497 e. The molecular weight excluding hydrogens is 263 g/mol. The Kier molecular flexibility index (Phi) is 3.50. The molecule has 0 saturated heterocycles. The lowest BCUT2D eigenvalue weighted by Crippen LogP contribution is -2.10. The molecule has 1 aromatic rings. The van der Waals surface area contributed by atoms with E-state index in [1.54, 1.807) is 7.11 Å². The Hall–Kier alpha value is -0.930. The molecule has 1 unspecified atom stereocenters. The minimum absolute atomic E-state index is 0.205. The average Bonchev–Trinajstić information content (AvgIpc) is 2.96. The summed E-state index contributed by atoms with van der Waals surface area (Å²) in [7, 11) is 1.59. The summed E-state index contributed by atoms with van der Waals surface area (Å²) in [6, 6.07) is 7.34. The maximum absolute atomic E-state index is 11.5. The Morgan fingerprint density at radius 3 is 2.82 bits per heavy atom. The highest BCUT2D eigenvalue weighted by molar-refractivity contribution is 6.52. The summed E-state index contributed by atoms with van der Waals surface area (Å²) < 4.78 is 9.27. The van der Waals surface area contributed by atoms with Crippen LogP contribution in [-0.2, 0) is 16.1 Å². The fraction of sp³-hybridized carbons (Fsp3) is 0.417. The van der Waals surface area contributed by atoms with Crippen molar-refractivity contribution in [3.63, 3.8) is 0 Å². The lowest BCUT2D eigenvalue weighted by atomic mass is 10.2. The summed E-state index contributed by atoms with van der Waals surface area (Å²) in [4.78, 5) is 11.5. The lowest BCUT2D eigenvalue weighted by Gasteiger charge is -2.06. The van der Waals surface area contributed by atoms with Gasteiger partial charge in [-0.2, -0.15) is 0 Å². The van der Waals surface area contributed by atoms with Gasteiger partial charge in [0.25, 0.3) is 0 Å². The van der Waals surface area contributed by atoms with Crippen molar-refractivity contribution in [3.8, 4) is 5.75 Å². The molecule has 0 aliphatic heterocycles. The average molecular weight is 275 g/mol. The van der Waals surface area contributed by atoms with Crippen LogP contribution in [0.5, 0.6) is 5.75 Å². The number of esters is 1. The van der Waals surface area contributed by atoms with E-state index < -0.39 is 10.3 Å². The van der Waals surface area contributed by atoms with Gasteiger partial charge in [0, 0.05) is 0 Å². The van der Waals surface area contributed by atoms with Gasteiger partial charge in [-0.1, -0.05) is 12.1 Å². The number of ether oxygens (including phenoxy) is 2. The molecule has 0 N–H and O–H groups in total. The van der Waals surface area contributed by atoms with Crippen LogP contribution in [0.1, 0.15) is 12.0 Å². The van der Waals surface area contributed by atoms with Crippen molar-refractivity contribution >= 4 is 29.2 Å². The summed E-state index contributed by atoms with van der Waals surface area (Å²) in [5.74, 6) is -0.0109. The van der Waals surface area contributed by atoms with Gasteiger partial charge < -0.3 is 9.47 Å². The van der Waals surface area contributed by atoms with Crippen molar-refractivity contribution in [2.24, 2.45) is 5.92 Å². The molecule has 0 radical (unpaired) electrons. The van der Waals surface area contributed by atoms with Crippen molar-refractivity contribution in [1.82, 2.24) is 0 Å². The zero-order valence-corrected chi connectivity index (χ0v) is 10.8. The fourth-order valence-electron chi connectivity index (χ4n) is 1.49. The molecule has 2 rings (SSSR count). The zero-order chi connectivity index (χ0) is 12.5. The molecule has 0 spiro atoms. The van der Waals surface area contributed by atoms with Crippen LogP contribution in [0, 0.1) is 5.92 Å². The minimum atomic E-state index is -0.925. The molecule has 0 amide bonds. The van der Waals surface area contributed by atoms with Gasteiger partial charge in [0.05, 0.1) is 13.0 Å². The number of methoxy groups -OCH3 is 1. The molecule has 0 heterocycles. The van der Waals surface area contributed by atoms with Crippen LogP contribution in [0.3, 0.4) is 0 Å². The molecule has 0 aromatic heterocycles. The molecular formula is C12H12Cl2O3. The van der Waals surface area contributed by atoms with Crippen LogP contribution in [0.4, 0.5) is 0 Å². The molecule has 3 nitrogen and oxygen atoms in total. The molecule has 1 aromatic carbocycles. The van der Waals surface area contributed by atoms with E-state index in [9.17, 15) is 4.79 Å². The maximum atomic E-state index is 11.5. The van der Waals surface area contributed by atoms with E-state index in [0.717, 1.165) is 11.3 Å². The molecule has 17 heavy (non-hydrogen) atoms. The number of halogens is 2. The van der Waals surface area contributed by atoms with Crippen LogP contribution < -0.4 is 4.74 Å². The van der Waals surface area contributed by atoms with Crippen molar-refractivity contribution in [1.29, 1.82) is 0 Å². The highest BCUT2D eigenvalue weighted by Crippen LogP contribution is 2.53. The van der Waals surface area contributed by atoms with Crippen LogP contribution in [-0.4, -0.2) is 17.4 Å². The second kappa shape index (κ2) is 4.75. The number of hydrogen-bond donors (Lipinski definition) is 0. The Labute approximate surface area is 110 Å². The first-order valence-corrected chi connectivity index (χ1v) is 5.96. The topological polar surface area (TPSA) is 35.5 Å². The molecule has 0 bridgehead atoms. The predicted molar refractivity (Wildman–Crippen MR) is 65.3 cm³/mol. The molecule has 1 saturated carbocycles. The number of carbonyl (C=O) groups excluding carboxylic acids is 1. The van der Waals surface area contributed by atoms with Crippen molar-refractivity contribution < 1.29 is 14.3 Å². The smallest absolute Gasteiger partial charge is 0.312 e. The van der Waals surface area contributed by atoms with Crippen LogP contribution in [0.2, 0.25) is 0 Å². The quantitative estimate of drug-likeness (QED) is 0.626. The van der Waals surface area contributed by atoms with E-state index in [1.807, 2.05) is 24.3 Å². The monoisotopic (exact) mass is 274 g/mol. The second-order valence-electron chi connectivity index (χ2n) is 3.98. The van der Waals surface area contributed by atoms with Crippen molar-refractivity contribution in [2.45, 2.75) is 17.4 Å². The molecule has 5 heteroatoms. The highest BCUT2D eigenvalue weighted by Gasteiger charge is 2.57. The maximum Gasteiger partial charge on any atom is 0.312 e. The van der Waals surface area contributed by atoms with Gasteiger partial charge in [0.1, 0.15) is 16.7 Å². The Morgan fingerprint density at radius 2 is 2.24 bits per heavy atom. The van der Waals surface area contributed by atoms with E-state index in [4.69, 9.17) is 32.7 Å². The minimum Gasteiger partial charge on any atom is -0.497 e. The van der Waals surface area contributed by atoms with Crippen LogP contribution in [0.15, 0.2) is 24.3 Å². The number of hydrogen-bond acceptors (Lipinski definition) is 3. The summed E-state index contributed by atoms with van der Waals surface area (Å²) >= 11 is 11.6. The molecule has 1 aliphatic rings. The van der Waals surface area contributed by atoms with E-state index >= 15 is 0 Å². The highest BCUT2D eigenvalue weighted by atomic mass is 35.5. The number of benzene rings is 1. The standard InChI is InChI=1S/C12H12Cl2O3/c1-16-9-4-2-3-8(5-9)7-17-11(15)10-6-12(10,13)14/h2-5,10H,6-7H2,1H3. The van der Waals surface area contributed by atoms with Gasteiger partial charge in [-0.15, -0.1) is 23.2 Å². The third-order valence-electron chi connectivity index (χ3n) is 2.63.